The van der Waals surface area contributed by atoms with Crippen LogP contribution in [0.1, 0.15) is 278 Å². The third-order valence-electron chi connectivity index (χ3n) is 12.5. The van der Waals surface area contributed by atoms with E-state index in [2.05, 4.69) is 118 Å². The molecule has 0 fully saturated rings. The van der Waals surface area contributed by atoms with Crippen molar-refractivity contribution in [2.24, 2.45) is 0 Å². The molecule has 71 heavy (non-hydrogen) atoms. The maximum absolute atomic E-state index is 12.8. The van der Waals surface area contributed by atoms with Gasteiger partial charge in [0.1, 0.15) is 13.2 Å². The second kappa shape index (κ2) is 58.9. The van der Waals surface area contributed by atoms with E-state index in [0.29, 0.717) is 12.8 Å². The highest BCUT2D eigenvalue weighted by Crippen LogP contribution is 2.15. The molecular formula is C65H110O6. The first-order valence-electron chi connectivity index (χ1n) is 29.7. The van der Waals surface area contributed by atoms with Crippen molar-refractivity contribution in [3.8, 4) is 0 Å². The van der Waals surface area contributed by atoms with Crippen LogP contribution in [0.5, 0.6) is 0 Å². The molecule has 0 rings (SSSR count). The normalized spacial score (nSPS) is 12.8. The fourth-order valence-electron chi connectivity index (χ4n) is 8.09. The summed E-state index contributed by atoms with van der Waals surface area (Å²) in [4.78, 5) is 38.1. The second-order valence-corrected chi connectivity index (χ2v) is 19.5. The highest BCUT2D eigenvalue weighted by molar-refractivity contribution is 5.71. The van der Waals surface area contributed by atoms with Gasteiger partial charge in [-0.3, -0.25) is 14.4 Å². The Balaban J connectivity index is 4.27. The van der Waals surface area contributed by atoms with Gasteiger partial charge in [0, 0.05) is 19.3 Å². The van der Waals surface area contributed by atoms with Gasteiger partial charge in [0.05, 0.1) is 0 Å². The number of rotatable bonds is 53. The molecule has 0 radical (unpaired) electrons. The van der Waals surface area contributed by atoms with Crippen LogP contribution in [0.3, 0.4) is 0 Å². The zero-order chi connectivity index (χ0) is 51.4. The lowest BCUT2D eigenvalue weighted by Crippen LogP contribution is -2.30. The van der Waals surface area contributed by atoms with Gasteiger partial charge in [0.25, 0.3) is 0 Å². The minimum absolute atomic E-state index is 0.0951. The molecule has 0 N–H and O–H groups in total. The number of esters is 3. The summed E-state index contributed by atoms with van der Waals surface area (Å²) in [5.41, 5.74) is 0. The van der Waals surface area contributed by atoms with Crippen molar-refractivity contribution in [2.45, 2.75) is 284 Å². The van der Waals surface area contributed by atoms with Gasteiger partial charge in [-0.2, -0.15) is 0 Å². The van der Waals surface area contributed by atoms with E-state index in [9.17, 15) is 14.4 Å². The number of unbranched alkanes of at least 4 members (excludes halogenated alkanes) is 26. The molecule has 0 aromatic heterocycles. The number of allylic oxidation sites excluding steroid dienone is 16. The van der Waals surface area contributed by atoms with Crippen molar-refractivity contribution in [3.63, 3.8) is 0 Å². The molecule has 0 aromatic carbocycles. The fraction of sp³-hybridized carbons (Fsp3) is 0.708. The number of carbonyl (C=O) groups is 3. The molecule has 6 heteroatoms. The summed E-state index contributed by atoms with van der Waals surface area (Å²) in [5.74, 6) is -0.939. The number of carbonyl (C=O) groups excluding carboxylic acids is 3. The minimum atomic E-state index is -0.800. The van der Waals surface area contributed by atoms with E-state index in [0.717, 1.165) is 128 Å². The van der Waals surface area contributed by atoms with Crippen molar-refractivity contribution in [2.75, 3.05) is 13.2 Å². The third kappa shape index (κ3) is 57.1. The summed E-state index contributed by atoms with van der Waals surface area (Å²) in [6.45, 7) is 6.42. The van der Waals surface area contributed by atoms with Crippen LogP contribution in [0.2, 0.25) is 0 Å². The SMILES string of the molecule is CC/C=C\C/C=C\C/C=C\CCCCCC(=O)OC(COC(=O)CCCCCCC/C=C\C/C=C\CCC)COC(=O)CCCCCCCCCCCCCC/C=C\C/C=C\C/C=C\CCCCCCC. The smallest absolute Gasteiger partial charge is 0.306 e. The van der Waals surface area contributed by atoms with E-state index >= 15 is 0 Å². The van der Waals surface area contributed by atoms with E-state index in [1.54, 1.807) is 0 Å². The third-order valence-corrected chi connectivity index (χ3v) is 12.5. The molecule has 0 amide bonds. The van der Waals surface area contributed by atoms with Crippen LogP contribution in [0, 0.1) is 0 Å². The Labute approximate surface area is 438 Å². The van der Waals surface area contributed by atoms with E-state index in [1.807, 2.05) is 0 Å². The zero-order valence-electron chi connectivity index (χ0n) is 46.5. The number of hydrogen-bond donors (Lipinski definition) is 0. The Kier molecular flexibility index (Phi) is 55.9. The largest absolute Gasteiger partial charge is 0.462 e. The van der Waals surface area contributed by atoms with E-state index in [-0.39, 0.29) is 37.5 Å². The van der Waals surface area contributed by atoms with Crippen molar-refractivity contribution in [3.05, 3.63) is 97.2 Å². The van der Waals surface area contributed by atoms with Crippen LogP contribution >= 0.6 is 0 Å². The fourth-order valence-corrected chi connectivity index (χ4v) is 8.09. The maximum atomic E-state index is 12.8. The van der Waals surface area contributed by atoms with Crippen LogP contribution in [0.4, 0.5) is 0 Å². The lowest BCUT2D eigenvalue weighted by atomic mass is 10.0. The van der Waals surface area contributed by atoms with Crippen LogP contribution in [-0.2, 0) is 28.6 Å². The minimum Gasteiger partial charge on any atom is -0.462 e. The van der Waals surface area contributed by atoms with Crippen molar-refractivity contribution in [1.29, 1.82) is 0 Å². The van der Waals surface area contributed by atoms with Gasteiger partial charge in [0.2, 0.25) is 0 Å². The summed E-state index contributed by atoms with van der Waals surface area (Å²) >= 11 is 0. The first-order valence-corrected chi connectivity index (χ1v) is 29.7. The average molecular weight is 988 g/mol. The summed E-state index contributed by atoms with van der Waals surface area (Å²) in [6.07, 6.45) is 78.4. The number of ether oxygens (including phenoxy) is 3. The van der Waals surface area contributed by atoms with Crippen LogP contribution in [0.25, 0.3) is 0 Å². The predicted octanol–water partition coefficient (Wildman–Crippen LogP) is 20.1. The van der Waals surface area contributed by atoms with Crippen molar-refractivity contribution in [1.82, 2.24) is 0 Å². The molecule has 0 aliphatic carbocycles. The molecule has 0 aliphatic rings. The second-order valence-electron chi connectivity index (χ2n) is 19.5. The Morgan fingerprint density at radius 2 is 0.577 bits per heavy atom. The highest BCUT2D eigenvalue weighted by atomic mass is 16.6. The lowest BCUT2D eigenvalue weighted by Gasteiger charge is -2.18. The Morgan fingerprint density at radius 1 is 0.296 bits per heavy atom. The standard InChI is InChI=1S/C65H110O6/c1-4-7-10-13-16-19-22-25-26-27-28-29-30-31-32-33-34-35-36-37-38-41-43-46-49-52-55-58-64(67)70-61-62(71-65(68)59-56-53-50-47-44-40-24-21-18-15-12-9-6-3)60-69-63(66)57-54-51-48-45-42-39-23-20-17-14-11-8-5-2/h9,11-12,14,18,20-23,25,27-28,30-31,40,44,62H,4-8,10,13,15-17,19,24,26,29,32-39,41-43,45-61H2,1-3H3/b12-9-,14-11-,21-18-,23-20-,25-22-,28-27-,31-30-,44-40-. The van der Waals surface area contributed by atoms with Gasteiger partial charge in [-0.05, 0) is 116 Å². The van der Waals surface area contributed by atoms with Crippen LogP contribution in [0.15, 0.2) is 97.2 Å². The molecule has 1 atom stereocenters. The molecular weight excluding hydrogens is 877 g/mol. The van der Waals surface area contributed by atoms with Gasteiger partial charge in [0.15, 0.2) is 6.10 Å². The van der Waals surface area contributed by atoms with Gasteiger partial charge < -0.3 is 14.2 Å². The maximum Gasteiger partial charge on any atom is 0.306 e. The molecule has 0 bridgehead atoms. The van der Waals surface area contributed by atoms with E-state index in [4.69, 9.17) is 14.2 Å². The topological polar surface area (TPSA) is 78.9 Å². The van der Waals surface area contributed by atoms with E-state index < -0.39 is 6.10 Å². The number of hydrogen-bond acceptors (Lipinski definition) is 6. The van der Waals surface area contributed by atoms with Gasteiger partial charge in [-0.15, -0.1) is 0 Å². The molecule has 0 spiro atoms. The first kappa shape index (κ1) is 67.3. The molecule has 6 nitrogen and oxygen atoms in total. The molecule has 0 saturated carbocycles. The van der Waals surface area contributed by atoms with Gasteiger partial charge in [-0.1, -0.05) is 240 Å². The van der Waals surface area contributed by atoms with Crippen LogP contribution < -0.4 is 0 Å². The Bertz CT molecular complexity index is 1410. The summed E-state index contributed by atoms with van der Waals surface area (Å²) in [7, 11) is 0. The predicted molar refractivity (Wildman–Crippen MR) is 307 cm³/mol. The van der Waals surface area contributed by atoms with Gasteiger partial charge >= 0.3 is 17.9 Å². The average Bonchev–Trinajstić information content (AvgIpc) is 3.37. The highest BCUT2D eigenvalue weighted by Gasteiger charge is 2.19. The Morgan fingerprint density at radius 3 is 0.930 bits per heavy atom. The quantitative estimate of drug-likeness (QED) is 0.0261. The molecule has 0 aromatic rings. The van der Waals surface area contributed by atoms with Crippen LogP contribution in [-0.4, -0.2) is 37.2 Å². The van der Waals surface area contributed by atoms with E-state index in [1.165, 1.54) is 109 Å². The summed E-state index contributed by atoms with van der Waals surface area (Å²) in [5, 5.41) is 0. The first-order chi connectivity index (χ1) is 35.0. The zero-order valence-corrected chi connectivity index (χ0v) is 46.5. The van der Waals surface area contributed by atoms with Crippen molar-refractivity contribution >= 4 is 17.9 Å². The summed E-state index contributed by atoms with van der Waals surface area (Å²) in [6, 6.07) is 0. The van der Waals surface area contributed by atoms with Crippen molar-refractivity contribution < 1.29 is 28.6 Å². The monoisotopic (exact) mass is 987 g/mol. The summed E-state index contributed by atoms with van der Waals surface area (Å²) < 4.78 is 16.8. The lowest BCUT2D eigenvalue weighted by molar-refractivity contribution is -0.167. The molecule has 0 saturated heterocycles. The van der Waals surface area contributed by atoms with Gasteiger partial charge in [-0.25, -0.2) is 0 Å². The molecule has 406 valence electrons. The molecule has 0 aliphatic heterocycles. The Hall–Kier alpha value is -3.67. The molecule has 1 unspecified atom stereocenters. The molecule has 0 heterocycles.